The Balaban J connectivity index is 1.62. The molecule has 29 heavy (non-hydrogen) atoms. The van der Waals surface area contributed by atoms with Crippen LogP contribution in [-0.2, 0) is 0 Å². The molecule has 0 N–H and O–H groups in total. The van der Waals surface area contributed by atoms with Crippen molar-refractivity contribution in [3.63, 3.8) is 0 Å². The SMILES string of the molecule is O=C([O-])c1cc2c3c(c1)[C@H]1C=CC[C@H]1[C@H](c1ccccc1F)N3C[C@H]1CC=C[C@H]21. The summed E-state index contributed by atoms with van der Waals surface area (Å²) in [7, 11) is 0. The Morgan fingerprint density at radius 1 is 1.00 bits per heavy atom. The van der Waals surface area contributed by atoms with Gasteiger partial charge in [0.2, 0.25) is 0 Å². The van der Waals surface area contributed by atoms with E-state index in [9.17, 15) is 14.3 Å². The minimum Gasteiger partial charge on any atom is -0.545 e. The number of halogens is 1. The van der Waals surface area contributed by atoms with Gasteiger partial charge in [0, 0.05) is 29.6 Å². The van der Waals surface area contributed by atoms with Gasteiger partial charge >= 0.3 is 0 Å². The number of carbonyl (C=O) groups excluding carboxylic acids is 1. The molecule has 0 saturated heterocycles. The molecule has 4 heteroatoms. The first kappa shape index (κ1) is 17.0. The van der Waals surface area contributed by atoms with E-state index in [0.29, 0.717) is 5.92 Å². The lowest BCUT2D eigenvalue weighted by Gasteiger charge is -2.51. The number of carbonyl (C=O) groups is 1. The lowest BCUT2D eigenvalue weighted by atomic mass is 9.70. The molecule has 2 aromatic rings. The lowest BCUT2D eigenvalue weighted by molar-refractivity contribution is -0.255. The summed E-state index contributed by atoms with van der Waals surface area (Å²) < 4.78 is 14.9. The number of benzene rings is 2. The van der Waals surface area contributed by atoms with E-state index in [1.165, 1.54) is 0 Å². The Morgan fingerprint density at radius 2 is 1.72 bits per heavy atom. The summed E-state index contributed by atoms with van der Waals surface area (Å²) >= 11 is 0. The van der Waals surface area contributed by atoms with Crippen LogP contribution in [0.1, 0.15) is 57.8 Å². The van der Waals surface area contributed by atoms with E-state index >= 15 is 0 Å². The summed E-state index contributed by atoms with van der Waals surface area (Å²) in [6.07, 6.45) is 10.6. The molecule has 5 atom stereocenters. The summed E-state index contributed by atoms with van der Waals surface area (Å²) in [6.45, 7) is 0.866. The standard InChI is InChI=1S/C25H22FNO2/c26-22-10-2-1-6-19(22)23-18-9-4-8-17(18)21-12-15(25(28)29)11-20-16-7-3-5-14(16)13-27(23)24(20)21/h1-4,6-8,10-12,14,16-18,23H,5,9,13H2,(H,28,29)/p-1/t14-,16+,17+,18-,23-/m1/s1. The highest BCUT2D eigenvalue weighted by molar-refractivity contribution is 5.89. The molecule has 146 valence electrons. The predicted octanol–water partition coefficient (Wildman–Crippen LogP) is 4.08. The van der Waals surface area contributed by atoms with Gasteiger partial charge in [0.15, 0.2) is 0 Å². The third-order valence-electron chi connectivity index (χ3n) is 7.31. The maximum absolute atomic E-state index is 14.9. The van der Waals surface area contributed by atoms with Crippen LogP contribution in [0.5, 0.6) is 0 Å². The first-order valence-corrected chi connectivity index (χ1v) is 10.4. The van der Waals surface area contributed by atoms with E-state index in [0.717, 1.165) is 41.8 Å². The molecule has 0 fully saturated rings. The molecule has 0 spiro atoms. The average Bonchev–Trinajstić information content (AvgIpc) is 3.38. The molecule has 0 unspecified atom stereocenters. The van der Waals surface area contributed by atoms with Crippen LogP contribution in [0.15, 0.2) is 60.7 Å². The van der Waals surface area contributed by atoms with Crippen LogP contribution in [-0.4, -0.2) is 12.5 Å². The molecule has 0 saturated carbocycles. The van der Waals surface area contributed by atoms with Crippen LogP contribution >= 0.6 is 0 Å². The lowest BCUT2D eigenvalue weighted by Crippen LogP contribution is -2.46. The second-order valence-corrected chi connectivity index (χ2v) is 8.71. The Labute approximate surface area is 169 Å². The van der Waals surface area contributed by atoms with E-state index in [2.05, 4.69) is 29.2 Å². The highest BCUT2D eigenvalue weighted by Crippen LogP contribution is 2.59. The van der Waals surface area contributed by atoms with Gasteiger partial charge in [-0.15, -0.1) is 0 Å². The number of carboxylic acids is 1. The van der Waals surface area contributed by atoms with E-state index < -0.39 is 5.97 Å². The minimum absolute atomic E-state index is 0.0437. The van der Waals surface area contributed by atoms with E-state index in [1.54, 1.807) is 24.3 Å². The van der Waals surface area contributed by atoms with Crippen molar-refractivity contribution in [2.45, 2.75) is 30.7 Å². The summed E-state index contributed by atoms with van der Waals surface area (Å²) in [5, 5.41) is 11.8. The topological polar surface area (TPSA) is 43.4 Å². The third kappa shape index (κ3) is 2.32. The van der Waals surface area contributed by atoms with Crippen molar-refractivity contribution < 1.29 is 14.3 Å². The highest BCUT2D eigenvalue weighted by atomic mass is 19.1. The molecule has 0 radical (unpaired) electrons. The number of carboxylic acid groups (broad SMARTS) is 1. The number of allylic oxidation sites excluding steroid dienone is 4. The molecule has 0 bridgehead atoms. The van der Waals surface area contributed by atoms with Gasteiger partial charge in [-0.3, -0.25) is 0 Å². The van der Waals surface area contributed by atoms with E-state index in [1.807, 2.05) is 12.1 Å². The summed E-state index contributed by atoms with van der Waals surface area (Å²) in [5.74, 6) is -0.364. The molecule has 2 aromatic carbocycles. The zero-order chi connectivity index (χ0) is 19.7. The van der Waals surface area contributed by atoms with Crippen molar-refractivity contribution in [3.05, 3.63) is 88.8 Å². The maximum atomic E-state index is 14.9. The molecule has 3 nitrogen and oxygen atoms in total. The Hall–Kier alpha value is -2.88. The highest BCUT2D eigenvalue weighted by Gasteiger charge is 2.48. The van der Waals surface area contributed by atoms with Gasteiger partial charge in [0.05, 0.1) is 12.0 Å². The minimum atomic E-state index is -1.13. The number of fused-ring (bicyclic) bond motifs is 4. The Kier molecular flexibility index (Phi) is 3.55. The summed E-state index contributed by atoms with van der Waals surface area (Å²) in [5.41, 5.74) is 4.24. The fraction of sp³-hybridized carbons (Fsp3) is 0.320. The predicted molar refractivity (Wildman–Crippen MR) is 107 cm³/mol. The van der Waals surface area contributed by atoms with Crippen molar-refractivity contribution >= 4 is 11.7 Å². The van der Waals surface area contributed by atoms with Crippen LogP contribution in [0.25, 0.3) is 0 Å². The average molecular weight is 386 g/mol. The molecule has 0 aromatic heterocycles. The number of anilines is 1. The molecule has 2 heterocycles. The van der Waals surface area contributed by atoms with Crippen molar-refractivity contribution in [2.24, 2.45) is 11.8 Å². The molecule has 2 aliphatic carbocycles. The molecule has 2 aliphatic heterocycles. The zero-order valence-corrected chi connectivity index (χ0v) is 15.9. The zero-order valence-electron chi connectivity index (χ0n) is 15.9. The Morgan fingerprint density at radius 3 is 2.52 bits per heavy atom. The second kappa shape index (κ2) is 6.06. The third-order valence-corrected chi connectivity index (χ3v) is 7.31. The largest absolute Gasteiger partial charge is 0.545 e. The van der Waals surface area contributed by atoms with Gasteiger partial charge in [0.25, 0.3) is 0 Å². The van der Waals surface area contributed by atoms with Crippen molar-refractivity contribution in [1.82, 2.24) is 0 Å². The first-order chi connectivity index (χ1) is 14.1. The first-order valence-electron chi connectivity index (χ1n) is 10.4. The van der Waals surface area contributed by atoms with Crippen LogP contribution in [0, 0.1) is 17.7 Å². The van der Waals surface area contributed by atoms with Crippen molar-refractivity contribution in [1.29, 1.82) is 0 Å². The summed E-state index contributed by atoms with van der Waals surface area (Å²) in [6, 6.07) is 10.7. The van der Waals surface area contributed by atoms with E-state index in [-0.39, 0.29) is 35.2 Å². The van der Waals surface area contributed by atoms with Gasteiger partial charge in [-0.1, -0.05) is 42.5 Å². The van der Waals surface area contributed by atoms with Gasteiger partial charge in [-0.25, -0.2) is 4.39 Å². The summed E-state index contributed by atoms with van der Waals surface area (Å²) in [4.78, 5) is 14.1. The van der Waals surface area contributed by atoms with Gasteiger partial charge < -0.3 is 14.8 Å². The second-order valence-electron chi connectivity index (χ2n) is 8.71. The van der Waals surface area contributed by atoms with Crippen LogP contribution in [0.3, 0.4) is 0 Å². The van der Waals surface area contributed by atoms with Gasteiger partial charge in [0.1, 0.15) is 5.82 Å². The molecule has 6 rings (SSSR count). The quantitative estimate of drug-likeness (QED) is 0.731. The van der Waals surface area contributed by atoms with Crippen molar-refractivity contribution in [3.8, 4) is 0 Å². The number of hydrogen-bond donors (Lipinski definition) is 0. The smallest absolute Gasteiger partial charge is 0.128 e. The molecular weight excluding hydrogens is 365 g/mol. The number of nitrogens with zero attached hydrogens (tertiary/aromatic N) is 1. The maximum Gasteiger partial charge on any atom is 0.128 e. The monoisotopic (exact) mass is 386 g/mol. The number of aromatic carboxylic acids is 1. The molecule has 4 aliphatic rings. The number of rotatable bonds is 2. The van der Waals surface area contributed by atoms with Gasteiger partial charge in [-0.2, -0.15) is 0 Å². The van der Waals surface area contributed by atoms with E-state index in [4.69, 9.17) is 0 Å². The normalized spacial score (nSPS) is 30.8. The van der Waals surface area contributed by atoms with Crippen LogP contribution in [0.2, 0.25) is 0 Å². The molecule has 0 amide bonds. The fourth-order valence-electron chi connectivity index (χ4n) is 6.16. The Bertz CT molecular complexity index is 1070. The van der Waals surface area contributed by atoms with Gasteiger partial charge in [-0.05, 0) is 59.6 Å². The van der Waals surface area contributed by atoms with Crippen LogP contribution < -0.4 is 10.0 Å². The molecular formula is C25H21FNO2-. The van der Waals surface area contributed by atoms with Crippen LogP contribution in [0.4, 0.5) is 10.1 Å². The fourth-order valence-corrected chi connectivity index (χ4v) is 6.16. The van der Waals surface area contributed by atoms with Crippen molar-refractivity contribution in [2.75, 3.05) is 11.4 Å². The number of hydrogen-bond acceptors (Lipinski definition) is 3.